The number of nitro groups is 1. The quantitative estimate of drug-likeness (QED) is 0.667. The van der Waals surface area contributed by atoms with Crippen molar-refractivity contribution in [2.24, 2.45) is 11.8 Å². The Morgan fingerprint density at radius 3 is 2.85 bits per heavy atom. The lowest BCUT2D eigenvalue weighted by molar-refractivity contribution is -0.385. The van der Waals surface area contributed by atoms with Crippen molar-refractivity contribution in [3.63, 3.8) is 0 Å². The van der Waals surface area contributed by atoms with Gasteiger partial charge >= 0.3 is 5.97 Å². The van der Waals surface area contributed by atoms with Crippen molar-refractivity contribution in [2.45, 2.75) is 25.3 Å². The van der Waals surface area contributed by atoms with Gasteiger partial charge in [-0.1, -0.05) is 6.42 Å². The van der Waals surface area contributed by atoms with Gasteiger partial charge in [-0.3, -0.25) is 10.1 Å². The Morgan fingerprint density at radius 1 is 1.45 bits per heavy atom. The fourth-order valence-electron chi connectivity index (χ4n) is 3.51. The van der Waals surface area contributed by atoms with E-state index in [-0.39, 0.29) is 11.6 Å². The summed E-state index contributed by atoms with van der Waals surface area (Å²) in [5.74, 6) is 0.245. The van der Waals surface area contributed by atoms with Gasteiger partial charge in [0.25, 0.3) is 5.69 Å². The standard InChI is InChI=1S/C13H15N3O4/c17-13(18)12-10-3-1-2-8(10)7-15(12)11-5-4-9(6-14-11)16(19)20/h4-6,8,10,12H,1-3,7H2,(H,17,18). The molecule has 3 rings (SSSR count). The number of rotatable bonds is 3. The number of nitrogens with zero attached hydrogens (tertiary/aromatic N) is 3. The highest BCUT2D eigenvalue weighted by molar-refractivity contribution is 5.79. The first-order valence-electron chi connectivity index (χ1n) is 6.68. The smallest absolute Gasteiger partial charge is 0.326 e. The Kier molecular flexibility index (Phi) is 3.04. The van der Waals surface area contributed by atoms with Crippen LogP contribution in [-0.2, 0) is 4.79 Å². The minimum absolute atomic E-state index is 0.0833. The third-order valence-corrected chi connectivity index (χ3v) is 4.38. The van der Waals surface area contributed by atoms with Crippen LogP contribution in [-0.4, -0.2) is 33.6 Å². The van der Waals surface area contributed by atoms with Gasteiger partial charge in [0.15, 0.2) is 0 Å². The summed E-state index contributed by atoms with van der Waals surface area (Å²) in [5, 5.41) is 20.1. The fourth-order valence-corrected chi connectivity index (χ4v) is 3.51. The van der Waals surface area contributed by atoms with Gasteiger partial charge in [0.2, 0.25) is 0 Å². The first-order valence-corrected chi connectivity index (χ1v) is 6.68. The molecule has 2 fully saturated rings. The van der Waals surface area contributed by atoms with Crippen molar-refractivity contribution < 1.29 is 14.8 Å². The van der Waals surface area contributed by atoms with E-state index >= 15 is 0 Å². The molecule has 0 bridgehead atoms. The molecular formula is C13H15N3O4. The van der Waals surface area contributed by atoms with Crippen LogP contribution in [0.5, 0.6) is 0 Å². The number of fused-ring (bicyclic) bond motifs is 1. The van der Waals surface area contributed by atoms with Crippen molar-refractivity contribution in [2.75, 3.05) is 11.4 Å². The fraction of sp³-hybridized carbons (Fsp3) is 0.538. The maximum atomic E-state index is 11.5. The van der Waals surface area contributed by atoms with Crippen LogP contribution < -0.4 is 4.90 Å². The molecule has 3 atom stereocenters. The van der Waals surface area contributed by atoms with E-state index in [9.17, 15) is 20.0 Å². The summed E-state index contributed by atoms with van der Waals surface area (Å²) in [6.45, 7) is 0.673. The molecule has 0 spiro atoms. The van der Waals surface area contributed by atoms with Gasteiger partial charge in [0.1, 0.15) is 18.1 Å². The zero-order valence-electron chi connectivity index (χ0n) is 10.8. The zero-order valence-corrected chi connectivity index (χ0v) is 10.8. The summed E-state index contributed by atoms with van der Waals surface area (Å²) in [6, 6.07) is 2.35. The molecule has 2 aliphatic rings. The molecule has 0 amide bonds. The van der Waals surface area contributed by atoms with Gasteiger partial charge in [-0.25, -0.2) is 9.78 Å². The second kappa shape index (κ2) is 4.73. The highest BCUT2D eigenvalue weighted by Gasteiger charge is 2.48. The summed E-state index contributed by atoms with van der Waals surface area (Å²) < 4.78 is 0. The summed E-state index contributed by atoms with van der Waals surface area (Å²) in [4.78, 5) is 27.5. The average Bonchev–Trinajstić information content (AvgIpc) is 2.97. The lowest BCUT2D eigenvalue weighted by Crippen LogP contribution is -2.40. The molecular weight excluding hydrogens is 262 g/mol. The summed E-state index contributed by atoms with van der Waals surface area (Å²) in [7, 11) is 0. The average molecular weight is 277 g/mol. The topological polar surface area (TPSA) is 96.6 Å². The molecule has 0 aromatic carbocycles. The molecule has 1 aliphatic carbocycles. The lowest BCUT2D eigenvalue weighted by atomic mass is 9.94. The van der Waals surface area contributed by atoms with Gasteiger partial charge in [-0.15, -0.1) is 0 Å². The van der Waals surface area contributed by atoms with Crippen LogP contribution in [0.3, 0.4) is 0 Å². The van der Waals surface area contributed by atoms with Gasteiger partial charge < -0.3 is 10.0 Å². The third kappa shape index (κ3) is 1.99. The van der Waals surface area contributed by atoms with Gasteiger partial charge in [-0.05, 0) is 30.7 Å². The number of carbonyl (C=O) groups is 1. The Hall–Kier alpha value is -2.18. The molecule has 7 heteroatoms. The van der Waals surface area contributed by atoms with Crippen molar-refractivity contribution in [3.05, 3.63) is 28.4 Å². The molecule has 1 saturated carbocycles. The van der Waals surface area contributed by atoms with E-state index in [1.165, 1.54) is 18.3 Å². The van der Waals surface area contributed by atoms with Crippen LogP contribution in [0.1, 0.15) is 19.3 Å². The maximum absolute atomic E-state index is 11.5. The molecule has 1 aromatic heterocycles. The second-order valence-corrected chi connectivity index (χ2v) is 5.42. The summed E-state index contributed by atoms with van der Waals surface area (Å²) >= 11 is 0. The number of hydrogen-bond acceptors (Lipinski definition) is 5. The molecule has 1 saturated heterocycles. The van der Waals surface area contributed by atoms with Crippen molar-refractivity contribution in [1.29, 1.82) is 0 Å². The number of carboxylic acid groups (broad SMARTS) is 1. The third-order valence-electron chi connectivity index (χ3n) is 4.38. The molecule has 1 aliphatic heterocycles. The van der Waals surface area contributed by atoms with E-state index < -0.39 is 16.9 Å². The Balaban J connectivity index is 1.88. The number of aliphatic carboxylic acids is 1. The highest BCUT2D eigenvalue weighted by atomic mass is 16.6. The number of carboxylic acids is 1. The minimum atomic E-state index is -0.834. The van der Waals surface area contributed by atoms with E-state index in [1.807, 2.05) is 0 Å². The normalized spacial score (nSPS) is 28.4. The molecule has 1 N–H and O–H groups in total. The lowest BCUT2D eigenvalue weighted by Gasteiger charge is -2.25. The second-order valence-electron chi connectivity index (χ2n) is 5.42. The number of anilines is 1. The van der Waals surface area contributed by atoms with Crippen LogP contribution in [0.2, 0.25) is 0 Å². The highest BCUT2D eigenvalue weighted by Crippen LogP contribution is 2.43. The summed E-state index contributed by atoms with van der Waals surface area (Å²) in [6.07, 6.45) is 4.26. The zero-order chi connectivity index (χ0) is 14.3. The van der Waals surface area contributed by atoms with Gasteiger partial charge in [-0.2, -0.15) is 0 Å². The predicted molar refractivity (Wildman–Crippen MR) is 70.5 cm³/mol. The largest absolute Gasteiger partial charge is 0.480 e. The molecule has 3 unspecified atom stereocenters. The number of pyridine rings is 1. The minimum Gasteiger partial charge on any atom is -0.480 e. The Morgan fingerprint density at radius 2 is 2.25 bits per heavy atom. The van der Waals surface area contributed by atoms with E-state index in [1.54, 1.807) is 4.90 Å². The van der Waals surface area contributed by atoms with Crippen LogP contribution in [0.4, 0.5) is 11.5 Å². The number of aromatic nitrogens is 1. The van der Waals surface area contributed by atoms with E-state index in [0.29, 0.717) is 18.3 Å². The molecule has 2 heterocycles. The Bertz CT molecular complexity index is 545. The van der Waals surface area contributed by atoms with Crippen LogP contribution >= 0.6 is 0 Å². The first-order chi connectivity index (χ1) is 9.58. The molecule has 20 heavy (non-hydrogen) atoms. The predicted octanol–water partition coefficient (Wildman–Crippen LogP) is 1.68. The molecule has 1 aromatic rings. The Labute approximate surface area is 115 Å². The van der Waals surface area contributed by atoms with E-state index in [4.69, 9.17) is 0 Å². The number of hydrogen-bond donors (Lipinski definition) is 1. The molecule has 106 valence electrons. The monoisotopic (exact) mass is 277 g/mol. The maximum Gasteiger partial charge on any atom is 0.326 e. The van der Waals surface area contributed by atoms with E-state index in [0.717, 1.165) is 19.3 Å². The van der Waals surface area contributed by atoms with Crippen LogP contribution in [0, 0.1) is 22.0 Å². The van der Waals surface area contributed by atoms with Crippen LogP contribution in [0.15, 0.2) is 18.3 Å². The summed E-state index contributed by atoms with van der Waals surface area (Å²) in [5.41, 5.74) is -0.0833. The van der Waals surface area contributed by atoms with Gasteiger partial charge in [0.05, 0.1) is 4.92 Å². The molecule has 7 nitrogen and oxygen atoms in total. The SMILES string of the molecule is O=C(O)C1C2CCCC2CN1c1ccc([N+](=O)[O-])cn1. The van der Waals surface area contributed by atoms with E-state index in [2.05, 4.69) is 4.98 Å². The molecule has 0 radical (unpaired) electrons. The van der Waals surface area contributed by atoms with Crippen molar-refractivity contribution in [3.8, 4) is 0 Å². The van der Waals surface area contributed by atoms with Crippen molar-refractivity contribution >= 4 is 17.5 Å². The van der Waals surface area contributed by atoms with Gasteiger partial charge in [0, 0.05) is 12.6 Å². The van der Waals surface area contributed by atoms with Crippen LogP contribution in [0.25, 0.3) is 0 Å². The van der Waals surface area contributed by atoms with Crippen molar-refractivity contribution in [1.82, 2.24) is 4.98 Å². The first kappa shape index (κ1) is 12.8.